The van der Waals surface area contributed by atoms with Crippen molar-refractivity contribution in [2.45, 2.75) is 6.92 Å². The van der Waals surface area contributed by atoms with E-state index in [-0.39, 0.29) is 11.5 Å². The minimum Gasteiger partial charge on any atom is -0.481 e. The van der Waals surface area contributed by atoms with Crippen LogP contribution in [0.15, 0.2) is 0 Å². The molecule has 0 atom stereocenters. The van der Waals surface area contributed by atoms with E-state index in [4.69, 9.17) is 15.3 Å². The maximum absolute atomic E-state index is 9.29. The van der Waals surface area contributed by atoms with E-state index in [1.807, 2.05) is 0 Å². The van der Waals surface area contributed by atoms with E-state index in [0.29, 0.717) is 6.61 Å². The minimum atomic E-state index is -0.881. The predicted octanol–water partition coefficient (Wildman–Crippen LogP) is 0.733. The van der Waals surface area contributed by atoms with Crippen LogP contribution in [-0.4, -0.2) is 56.9 Å². The summed E-state index contributed by atoms with van der Waals surface area (Å²) in [5, 5.41) is 23.5. The van der Waals surface area contributed by atoms with Gasteiger partial charge in [0.05, 0.1) is 18.1 Å². The van der Waals surface area contributed by atoms with Crippen LogP contribution in [0.1, 0.15) is 6.92 Å². The van der Waals surface area contributed by atoms with Crippen molar-refractivity contribution >= 4 is 49.0 Å². The Labute approximate surface area is 110 Å². The second-order valence-corrected chi connectivity index (χ2v) is 4.05. The number of thioether (sulfide) groups is 1. The number of carbonyl (C=O) groups is 2. The molecule has 0 saturated carbocycles. The van der Waals surface area contributed by atoms with Gasteiger partial charge in [-0.1, -0.05) is 6.92 Å². The first kappa shape index (κ1) is 21.3. The van der Waals surface area contributed by atoms with E-state index in [1.165, 1.54) is 0 Å². The van der Waals surface area contributed by atoms with Crippen molar-refractivity contribution in [2.75, 3.05) is 29.6 Å². The Morgan fingerprint density at radius 3 is 1.50 bits per heavy atom. The van der Waals surface area contributed by atoms with Crippen molar-refractivity contribution in [1.29, 1.82) is 0 Å². The van der Waals surface area contributed by atoms with Crippen LogP contribution in [0.2, 0.25) is 0 Å². The second-order valence-electron chi connectivity index (χ2n) is 2.02. The zero-order valence-electron chi connectivity index (χ0n) is 9.00. The van der Waals surface area contributed by atoms with Crippen molar-refractivity contribution in [3.05, 3.63) is 0 Å². The Balaban J connectivity index is -0.000000160. The smallest absolute Gasteiger partial charge is 0.313 e. The Kier molecular flexibility index (Phi) is 27.1. The van der Waals surface area contributed by atoms with E-state index in [1.54, 1.807) is 11.8 Å². The summed E-state index contributed by atoms with van der Waals surface area (Å²) >= 11 is 8.59. The molecule has 16 heavy (non-hydrogen) atoms. The van der Waals surface area contributed by atoms with Crippen LogP contribution >= 0.6 is 37.0 Å². The molecule has 8 heteroatoms. The number of rotatable bonds is 5. The number of carboxylic acid groups (broad SMARTS) is 2. The molecule has 3 N–H and O–H groups in total. The van der Waals surface area contributed by atoms with E-state index in [0.717, 1.165) is 11.5 Å². The molecule has 0 aliphatic rings. The lowest BCUT2D eigenvalue weighted by Crippen LogP contribution is -1.92. The van der Waals surface area contributed by atoms with Gasteiger partial charge >= 0.3 is 11.9 Å². The van der Waals surface area contributed by atoms with E-state index < -0.39 is 11.9 Å². The average Bonchev–Trinajstić information content (AvgIpc) is 2.27. The molecular formula is C8H18O5S3. The Morgan fingerprint density at radius 2 is 1.44 bits per heavy atom. The highest BCUT2D eigenvalue weighted by Gasteiger charge is 1.82. The van der Waals surface area contributed by atoms with Gasteiger partial charge in [-0.05, 0) is 5.75 Å². The average molecular weight is 290 g/mol. The first-order chi connectivity index (χ1) is 7.45. The zero-order chi connectivity index (χ0) is 13.4. The quantitative estimate of drug-likeness (QED) is 0.378. The van der Waals surface area contributed by atoms with Gasteiger partial charge in [-0.15, -0.1) is 0 Å². The summed E-state index contributed by atoms with van der Waals surface area (Å²) < 4.78 is 0. The lowest BCUT2D eigenvalue weighted by Gasteiger charge is -1.86. The minimum absolute atomic E-state index is 0.0833. The molecule has 0 heterocycles. The molecule has 0 aliphatic carbocycles. The molecule has 0 amide bonds. The van der Waals surface area contributed by atoms with Gasteiger partial charge in [-0.3, -0.25) is 9.59 Å². The highest BCUT2D eigenvalue weighted by atomic mass is 32.2. The monoisotopic (exact) mass is 290 g/mol. The molecule has 98 valence electrons. The van der Waals surface area contributed by atoms with Gasteiger partial charge in [-0.2, -0.15) is 37.0 Å². The second kappa shape index (κ2) is 20.4. The van der Waals surface area contributed by atoms with E-state index in [9.17, 15) is 9.59 Å². The van der Waals surface area contributed by atoms with Crippen molar-refractivity contribution in [3.63, 3.8) is 0 Å². The topological polar surface area (TPSA) is 94.8 Å². The van der Waals surface area contributed by atoms with Gasteiger partial charge < -0.3 is 15.3 Å². The first-order valence-corrected chi connectivity index (χ1v) is 6.72. The number of thiol groups is 2. The Hall–Kier alpha value is -0.0500. The van der Waals surface area contributed by atoms with E-state index >= 15 is 0 Å². The van der Waals surface area contributed by atoms with Crippen LogP contribution in [0.5, 0.6) is 0 Å². The summed E-state index contributed by atoms with van der Waals surface area (Å²) in [6.45, 7) is 2.40. The lowest BCUT2D eigenvalue weighted by molar-refractivity contribution is -0.134. The molecule has 5 nitrogen and oxygen atoms in total. The lowest BCUT2D eigenvalue weighted by atomic mass is 10.8. The highest BCUT2D eigenvalue weighted by molar-refractivity contribution is 7.99. The summed E-state index contributed by atoms with van der Waals surface area (Å²) in [7, 11) is 0. The number of hydrogen-bond acceptors (Lipinski definition) is 6. The molecule has 0 bridgehead atoms. The molecule has 0 fully saturated rings. The maximum Gasteiger partial charge on any atom is 0.313 e. The van der Waals surface area contributed by atoms with Crippen molar-refractivity contribution in [2.24, 2.45) is 0 Å². The third-order valence-corrected chi connectivity index (χ3v) is 2.13. The largest absolute Gasteiger partial charge is 0.481 e. The molecule has 0 aromatic rings. The van der Waals surface area contributed by atoms with Crippen LogP contribution in [0.3, 0.4) is 0 Å². The van der Waals surface area contributed by atoms with Crippen LogP contribution in [0, 0.1) is 0 Å². The standard InChI is InChI=1S/C4H10OS.2C2H4O2S/c1-2-6-4-3-5;2*3-2(4)1-5/h5H,2-4H2,1H3;2*5H,1H2,(H,3,4). The summed E-state index contributed by atoms with van der Waals surface area (Å²) in [4.78, 5) is 18.6. The van der Waals surface area contributed by atoms with Crippen LogP contribution in [-0.2, 0) is 9.59 Å². The summed E-state index contributed by atoms with van der Waals surface area (Å²) in [6, 6.07) is 0. The third kappa shape index (κ3) is 48.4. The number of aliphatic hydroxyl groups is 1. The summed E-state index contributed by atoms with van der Waals surface area (Å²) in [5.74, 6) is 0.0681. The molecule has 0 saturated heterocycles. The normalized spacial score (nSPS) is 8.00. The number of aliphatic hydroxyl groups excluding tert-OH is 1. The van der Waals surface area contributed by atoms with Crippen LogP contribution in [0.4, 0.5) is 0 Å². The Morgan fingerprint density at radius 1 is 1.12 bits per heavy atom. The molecule has 0 spiro atoms. The fourth-order valence-corrected chi connectivity index (χ4v) is 0.627. The molecule has 0 radical (unpaired) electrons. The third-order valence-electron chi connectivity index (χ3n) is 0.710. The molecule has 0 aromatic carbocycles. The summed E-state index contributed by atoms with van der Waals surface area (Å²) in [5.41, 5.74) is 0. The summed E-state index contributed by atoms with van der Waals surface area (Å²) in [6.07, 6.45) is 0. The van der Waals surface area contributed by atoms with Crippen molar-refractivity contribution in [1.82, 2.24) is 0 Å². The molecule has 0 aromatic heterocycles. The molecular weight excluding hydrogens is 272 g/mol. The van der Waals surface area contributed by atoms with Crippen molar-refractivity contribution < 1.29 is 24.9 Å². The predicted molar refractivity (Wildman–Crippen MR) is 73.1 cm³/mol. The van der Waals surface area contributed by atoms with Gasteiger partial charge in [0, 0.05) is 5.75 Å². The first-order valence-electron chi connectivity index (χ1n) is 4.30. The number of aliphatic carboxylic acids is 2. The van der Waals surface area contributed by atoms with E-state index in [2.05, 4.69) is 32.2 Å². The number of hydrogen-bond donors (Lipinski definition) is 5. The van der Waals surface area contributed by atoms with Crippen LogP contribution < -0.4 is 0 Å². The zero-order valence-corrected chi connectivity index (χ0v) is 11.6. The molecule has 0 aliphatic heterocycles. The Bertz CT molecular complexity index is 148. The number of carboxylic acids is 2. The SMILES string of the molecule is CCSCCO.O=C(O)CS.O=C(O)CS. The fraction of sp³-hybridized carbons (Fsp3) is 0.750. The fourth-order valence-electron chi connectivity index (χ4n) is 0.209. The molecule has 0 unspecified atom stereocenters. The van der Waals surface area contributed by atoms with Gasteiger partial charge in [0.15, 0.2) is 0 Å². The van der Waals surface area contributed by atoms with Crippen LogP contribution in [0.25, 0.3) is 0 Å². The molecule has 0 rings (SSSR count). The highest BCUT2D eigenvalue weighted by Crippen LogP contribution is 1.93. The van der Waals surface area contributed by atoms with Gasteiger partial charge in [0.2, 0.25) is 0 Å². The maximum atomic E-state index is 9.29. The van der Waals surface area contributed by atoms with Gasteiger partial charge in [0.25, 0.3) is 0 Å². The van der Waals surface area contributed by atoms with Gasteiger partial charge in [0.1, 0.15) is 0 Å². The van der Waals surface area contributed by atoms with Crippen molar-refractivity contribution in [3.8, 4) is 0 Å². The van der Waals surface area contributed by atoms with Gasteiger partial charge in [-0.25, -0.2) is 0 Å².